The van der Waals surface area contributed by atoms with Gasteiger partial charge in [0, 0.05) is 22.7 Å². The zero-order chi connectivity index (χ0) is 25.1. The normalized spacial score (nSPS) is 10.7. The maximum absolute atomic E-state index is 14.6. The summed E-state index contributed by atoms with van der Waals surface area (Å²) in [7, 11) is 0. The molecule has 0 aliphatic carbocycles. The highest BCUT2D eigenvalue weighted by Crippen LogP contribution is 2.26. The number of halogens is 1. The van der Waals surface area contributed by atoms with E-state index in [4.69, 9.17) is 5.73 Å². The van der Waals surface area contributed by atoms with Gasteiger partial charge in [0.25, 0.3) is 5.91 Å². The molecule has 0 bridgehead atoms. The van der Waals surface area contributed by atoms with E-state index in [0.717, 1.165) is 28.9 Å². The van der Waals surface area contributed by atoms with Crippen LogP contribution in [-0.2, 0) is 0 Å². The molecule has 11 heteroatoms. The average Bonchev–Trinajstić information content (AvgIpc) is 3.33. The first kappa shape index (κ1) is 22.9. The van der Waals surface area contributed by atoms with Crippen LogP contribution in [0, 0.1) is 5.82 Å². The SMILES string of the molecule is Nc1ccc(-c2ccccc2)nc1Nc1ccc(NC(=O)c2ccc(-c3nsc(=O)[nH]3)cc2F)nc1. The molecular formula is C25H18FN7O2S. The number of amides is 1. The van der Waals surface area contributed by atoms with Crippen LogP contribution in [0.4, 0.5) is 27.4 Å². The summed E-state index contributed by atoms with van der Waals surface area (Å²) in [5.41, 5.74) is 9.06. The van der Waals surface area contributed by atoms with Gasteiger partial charge in [0.1, 0.15) is 11.6 Å². The number of nitrogens with two attached hydrogens (primary N) is 1. The standard InChI is InChI=1S/C25H18FN7O2S/c26-18-12-15(22-32-25(35)36-33-22)6-8-17(18)24(34)31-21-11-7-16(13-28-21)29-23-19(27)9-10-20(30-23)14-4-2-1-3-5-14/h1-13H,27H2,(H,29,30)(H,28,31,34)(H,32,33,35). The summed E-state index contributed by atoms with van der Waals surface area (Å²) in [5, 5.41) is 5.69. The van der Waals surface area contributed by atoms with Crippen molar-refractivity contribution in [2.75, 3.05) is 16.4 Å². The maximum atomic E-state index is 14.6. The predicted molar refractivity (Wildman–Crippen MR) is 138 cm³/mol. The third kappa shape index (κ3) is 4.95. The summed E-state index contributed by atoms with van der Waals surface area (Å²) < 4.78 is 18.5. The van der Waals surface area contributed by atoms with Crippen LogP contribution in [0.2, 0.25) is 0 Å². The highest BCUT2D eigenvalue weighted by molar-refractivity contribution is 7.03. The number of anilines is 4. The minimum absolute atomic E-state index is 0.171. The number of nitrogens with one attached hydrogen (secondary N) is 3. The Morgan fingerprint density at radius 1 is 1.00 bits per heavy atom. The quantitative estimate of drug-likeness (QED) is 0.266. The highest BCUT2D eigenvalue weighted by atomic mass is 32.1. The van der Waals surface area contributed by atoms with Crippen molar-refractivity contribution in [3.8, 4) is 22.6 Å². The Labute approximate surface area is 208 Å². The van der Waals surface area contributed by atoms with E-state index >= 15 is 0 Å². The molecule has 9 nitrogen and oxygen atoms in total. The second-order valence-electron chi connectivity index (χ2n) is 7.65. The molecule has 0 saturated heterocycles. The van der Waals surface area contributed by atoms with Gasteiger partial charge in [0.2, 0.25) is 0 Å². The lowest BCUT2D eigenvalue weighted by atomic mass is 10.1. The number of hydrogen-bond donors (Lipinski definition) is 4. The first-order chi connectivity index (χ1) is 17.5. The van der Waals surface area contributed by atoms with Crippen molar-refractivity contribution in [2.45, 2.75) is 0 Å². The van der Waals surface area contributed by atoms with Crippen molar-refractivity contribution in [2.24, 2.45) is 0 Å². The Kier molecular flexibility index (Phi) is 6.20. The van der Waals surface area contributed by atoms with Crippen LogP contribution in [0.3, 0.4) is 0 Å². The summed E-state index contributed by atoms with van der Waals surface area (Å²) in [6, 6.07) is 20.5. The molecule has 5 aromatic rings. The van der Waals surface area contributed by atoms with Crippen LogP contribution in [0.1, 0.15) is 10.4 Å². The lowest BCUT2D eigenvalue weighted by molar-refractivity contribution is 0.102. The first-order valence-corrected chi connectivity index (χ1v) is 11.5. The number of rotatable bonds is 6. The molecule has 0 aliphatic heterocycles. The Bertz CT molecular complexity index is 1600. The van der Waals surface area contributed by atoms with Crippen LogP contribution < -0.4 is 21.2 Å². The van der Waals surface area contributed by atoms with E-state index < -0.39 is 11.7 Å². The summed E-state index contributed by atoms with van der Waals surface area (Å²) >= 11 is 0.732. The number of carbonyl (C=O) groups excluding carboxylic acids is 1. The van der Waals surface area contributed by atoms with Gasteiger partial charge < -0.3 is 16.4 Å². The van der Waals surface area contributed by atoms with Gasteiger partial charge in [0.05, 0.1) is 28.8 Å². The number of benzene rings is 2. The molecule has 0 unspecified atom stereocenters. The van der Waals surface area contributed by atoms with E-state index in [9.17, 15) is 14.0 Å². The first-order valence-electron chi connectivity index (χ1n) is 10.7. The minimum atomic E-state index is -0.753. The van der Waals surface area contributed by atoms with Crippen molar-refractivity contribution < 1.29 is 9.18 Å². The van der Waals surface area contributed by atoms with Gasteiger partial charge in [0.15, 0.2) is 11.6 Å². The van der Waals surface area contributed by atoms with Crippen LogP contribution in [0.15, 0.2) is 83.8 Å². The van der Waals surface area contributed by atoms with E-state index in [0.29, 0.717) is 22.8 Å². The molecule has 3 heterocycles. The monoisotopic (exact) mass is 499 g/mol. The lowest BCUT2D eigenvalue weighted by Crippen LogP contribution is -2.14. The molecule has 5 rings (SSSR count). The number of hydrogen-bond acceptors (Lipinski definition) is 8. The lowest BCUT2D eigenvalue weighted by Gasteiger charge is -2.11. The van der Waals surface area contributed by atoms with Gasteiger partial charge >= 0.3 is 4.87 Å². The van der Waals surface area contributed by atoms with Crippen molar-refractivity contribution >= 4 is 40.5 Å². The second-order valence-corrected chi connectivity index (χ2v) is 8.39. The molecule has 0 spiro atoms. The van der Waals surface area contributed by atoms with Gasteiger partial charge in [-0.15, -0.1) is 0 Å². The fourth-order valence-electron chi connectivity index (χ4n) is 3.40. The van der Waals surface area contributed by atoms with E-state index in [1.54, 1.807) is 18.2 Å². The number of pyridine rings is 2. The molecule has 0 saturated carbocycles. The summed E-state index contributed by atoms with van der Waals surface area (Å²) in [6.07, 6.45) is 1.50. The Hall–Kier alpha value is -4.90. The van der Waals surface area contributed by atoms with Crippen molar-refractivity contribution in [3.63, 3.8) is 0 Å². The fourth-order valence-corrected chi connectivity index (χ4v) is 3.87. The average molecular weight is 500 g/mol. The Balaban J connectivity index is 1.28. The zero-order valence-electron chi connectivity index (χ0n) is 18.5. The van der Waals surface area contributed by atoms with E-state index in [-0.39, 0.29) is 22.1 Å². The largest absolute Gasteiger partial charge is 0.396 e. The van der Waals surface area contributed by atoms with Crippen LogP contribution in [-0.4, -0.2) is 25.2 Å². The molecule has 2 aromatic carbocycles. The maximum Gasteiger partial charge on any atom is 0.323 e. The second kappa shape index (κ2) is 9.76. The molecule has 0 atom stereocenters. The molecular weight excluding hydrogens is 481 g/mol. The summed E-state index contributed by atoms with van der Waals surface area (Å²) in [4.78, 5) is 34.8. The number of H-pyrrole nitrogens is 1. The molecule has 0 aliphatic rings. The molecule has 36 heavy (non-hydrogen) atoms. The number of carbonyl (C=O) groups is 1. The van der Waals surface area contributed by atoms with E-state index in [1.807, 2.05) is 36.4 Å². The number of aromatic amines is 1. The third-order valence-electron chi connectivity index (χ3n) is 5.19. The third-order valence-corrected chi connectivity index (χ3v) is 5.73. The van der Waals surface area contributed by atoms with Crippen molar-refractivity contribution in [1.82, 2.24) is 19.3 Å². The highest BCUT2D eigenvalue weighted by Gasteiger charge is 2.15. The molecule has 0 radical (unpaired) electrons. The minimum Gasteiger partial charge on any atom is -0.396 e. The Morgan fingerprint density at radius 2 is 1.83 bits per heavy atom. The van der Waals surface area contributed by atoms with Gasteiger partial charge in [-0.1, -0.05) is 36.4 Å². The fraction of sp³-hybridized carbons (Fsp3) is 0. The molecule has 0 fully saturated rings. The van der Waals surface area contributed by atoms with E-state index in [1.165, 1.54) is 18.3 Å². The van der Waals surface area contributed by atoms with Gasteiger partial charge in [-0.25, -0.2) is 14.4 Å². The van der Waals surface area contributed by atoms with E-state index in [2.05, 4.69) is 30.0 Å². The topological polar surface area (TPSA) is 139 Å². The predicted octanol–water partition coefficient (Wildman–Crippen LogP) is 4.67. The van der Waals surface area contributed by atoms with Crippen LogP contribution in [0.5, 0.6) is 0 Å². The molecule has 178 valence electrons. The van der Waals surface area contributed by atoms with Gasteiger partial charge in [-0.05, 0) is 36.4 Å². The van der Waals surface area contributed by atoms with Gasteiger partial charge in [-0.3, -0.25) is 14.6 Å². The smallest absolute Gasteiger partial charge is 0.323 e. The zero-order valence-corrected chi connectivity index (χ0v) is 19.3. The Morgan fingerprint density at radius 3 is 2.53 bits per heavy atom. The number of nitrogen functional groups attached to an aromatic ring is 1. The van der Waals surface area contributed by atoms with Crippen molar-refractivity contribution in [1.29, 1.82) is 0 Å². The molecule has 3 aromatic heterocycles. The number of nitrogens with zero attached hydrogens (tertiary/aromatic N) is 3. The molecule has 5 N–H and O–H groups in total. The summed E-state index contributed by atoms with van der Waals surface area (Å²) in [6.45, 7) is 0. The van der Waals surface area contributed by atoms with Crippen LogP contribution in [0.25, 0.3) is 22.6 Å². The van der Waals surface area contributed by atoms with Crippen LogP contribution >= 0.6 is 11.5 Å². The number of aromatic nitrogens is 4. The van der Waals surface area contributed by atoms with Crippen molar-refractivity contribution in [3.05, 3.63) is 100 Å². The summed E-state index contributed by atoms with van der Waals surface area (Å²) in [5.74, 6) is -0.474. The molecule has 1 amide bonds. The van der Waals surface area contributed by atoms with Gasteiger partial charge in [-0.2, -0.15) is 4.37 Å².